The molecule has 0 atom stereocenters. The van der Waals surface area contributed by atoms with Crippen molar-refractivity contribution >= 4 is 11.9 Å². The maximum Gasteiger partial charge on any atom is 0.307 e. The Bertz CT molecular complexity index is 265. The third-order valence-corrected chi connectivity index (χ3v) is 3.15. The Balaban J connectivity index is 3.22. The van der Waals surface area contributed by atoms with E-state index in [0.29, 0.717) is 19.6 Å². The van der Waals surface area contributed by atoms with Gasteiger partial charge in [0, 0.05) is 6.42 Å². The molecule has 0 amide bonds. The van der Waals surface area contributed by atoms with Gasteiger partial charge in [-0.1, -0.05) is 45.4 Å². The molecule has 0 saturated heterocycles. The molecule has 21 heavy (non-hydrogen) atoms. The average Bonchev–Trinajstić information content (AvgIpc) is 2.49. The van der Waals surface area contributed by atoms with Crippen LogP contribution in [0.2, 0.25) is 0 Å². The highest BCUT2D eigenvalue weighted by molar-refractivity contribution is 5.69. The van der Waals surface area contributed by atoms with E-state index < -0.39 is 0 Å². The Labute approximate surface area is 128 Å². The van der Waals surface area contributed by atoms with E-state index in [1.165, 1.54) is 39.2 Å². The summed E-state index contributed by atoms with van der Waals surface area (Å²) >= 11 is 0. The van der Waals surface area contributed by atoms with Crippen LogP contribution in [0.25, 0.3) is 0 Å². The van der Waals surface area contributed by atoms with Crippen molar-refractivity contribution < 1.29 is 23.8 Å². The summed E-state index contributed by atoms with van der Waals surface area (Å²) in [5.41, 5.74) is 0. The smallest absolute Gasteiger partial charge is 0.307 e. The second-order valence-electron chi connectivity index (χ2n) is 5.03. The first-order valence-electron chi connectivity index (χ1n) is 8.00. The number of hydrogen-bond acceptors (Lipinski definition) is 5. The minimum atomic E-state index is -0.300. The third-order valence-electron chi connectivity index (χ3n) is 3.15. The molecule has 0 aromatic heterocycles. The molecule has 0 aliphatic heterocycles. The summed E-state index contributed by atoms with van der Waals surface area (Å²) in [5, 5.41) is 0. The number of ether oxygens (including phenoxy) is 3. The Morgan fingerprint density at radius 1 is 0.762 bits per heavy atom. The molecule has 0 heterocycles. The van der Waals surface area contributed by atoms with E-state index in [2.05, 4.69) is 11.7 Å². The highest BCUT2D eigenvalue weighted by Gasteiger charge is 2.03. The first-order chi connectivity index (χ1) is 10.2. The van der Waals surface area contributed by atoms with Gasteiger partial charge in [-0.2, -0.15) is 0 Å². The summed E-state index contributed by atoms with van der Waals surface area (Å²) in [5.74, 6) is -0.467. The molecule has 0 bridgehead atoms. The maximum atomic E-state index is 11.4. The van der Waals surface area contributed by atoms with E-state index in [1.54, 1.807) is 0 Å². The second kappa shape index (κ2) is 15.3. The van der Waals surface area contributed by atoms with Crippen LogP contribution < -0.4 is 0 Å². The third kappa shape index (κ3) is 15.1. The summed E-state index contributed by atoms with van der Waals surface area (Å²) in [6.45, 7) is 3.06. The van der Waals surface area contributed by atoms with Crippen LogP contribution in [0.4, 0.5) is 0 Å². The van der Waals surface area contributed by atoms with Crippen LogP contribution in [0.5, 0.6) is 0 Å². The van der Waals surface area contributed by atoms with Crippen molar-refractivity contribution in [2.24, 2.45) is 0 Å². The lowest BCUT2D eigenvalue weighted by Gasteiger charge is -2.06. The van der Waals surface area contributed by atoms with E-state index in [-0.39, 0.29) is 25.0 Å². The van der Waals surface area contributed by atoms with E-state index in [1.807, 2.05) is 0 Å². The highest BCUT2D eigenvalue weighted by Crippen LogP contribution is 2.08. The molecule has 0 unspecified atom stereocenters. The average molecular weight is 302 g/mol. The Hall–Kier alpha value is -1.10. The molecule has 0 aromatic rings. The Morgan fingerprint density at radius 3 is 2.10 bits per heavy atom. The van der Waals surface area contributed by atoms with Gasteiger partial charge in [-0.05, 0) is 6.42 Å². The van der Waals surface area contributed by atoms with Gasteiger partial charge >= 0.3 is 11.9 Å². The number of carbonyl (C=O) groups is 2. The quantitative estimate of drug-likeness (QED) is 0.364. The van der Waals surface area contributed by atoms with Gasteiger partial charge < -0.3 is 14.2 Å². The fourth-order valence-electron chi connectivity index (χ4n) is 1.87. The zero-order chi connectivity index (χ0) is 15.8. The van der Waals surface area contributed by atoms with Crippen molar-refractivity contribution in [2.75, 3.05) is 26.9 Å². The van der Waals surface area contributed by atoms with Crippen molar-refractivity contribution in [3.8, 4) is 0 Å². The molecule has 0 N–H and O–H groups in total. The number of unbranched alkanes of at least 4 members (excludes halogenated alkanes) is 6. The Kier molecular flexibility index (Phi) is 14.5. The number of hydrogen-bond donors (Lipinski definition) is 0. The summed E-state index contributed by atoms with van der Waals surface area (Å²) in [4.78, 5) is 22.2. The number of rotatable bonds is 14. The first-order valence-corrected chi connectivity index (χ1v) is 8.00. The molecule has 0 aliphatic carbocycles. The van der Waals surface area contributed by atoms with Gasteiger partial charge in [0.05, 0.1) is 26.7 Å². The second-order valence-corrected chi connectivity index (χ2v) is 5.03. The molecule has 0 radical (unpaired) electrons. The van der Waals surface area contributed by atoms with Gasteiger partial charge in [0.15, 0.2) is 0 Å². The molecule has 0 aliphatic rings. The van der Waals surface area contributed by atoms with Crippen LogP contribution in [-0.4, -0.2) is 38.9 Å². The molecule has 0 spiro atoms. The van der Waals surface area contributed by atoms with Crippen LogP contribution >= 0.6 is 0 Å². The first kappa shape index (κ1) is 19.9. The normalized spacial score (nSPS) is 10.4. The van der Waals surface area contributed by atoms with Crippen molar-refractivity contribution in [2.45, 2.75) is 64.7 Å². The van der Waals surface area contributed by atoms with Gasteiger partial charge in [0.25, 0.3) is 0 Å². The molecule has 0 aromatic carbocycles. The molecular formula is C16H30O5. The van der Waals surface area contributed by atoms with Gasteiger partial charge in [0.2, 0.25) is 0 Å². The standard InChI is InChI=1S/C16H30O5/c1-3-4-5-6-7-8-9-10-16(18)21-14-13-20-12-11-15(17)19-2/h3-14H2,1-2H3. The maximum absolute atomic E-state index is 11.4. The molecule has 0 saturated carbocycles. The van der Waals surface area contributed by atoms with E-state index >= 15 is 0 Å². The highest BCUT2D eigenvalue weighted by atomic mass is 16.6. The lowest BCUT2D eigenvalue weighted by molar-refractivity contribution is -0.147. The van der Waals surface area contributed by atoms with Crippen molar-refractivity contribution in [3.63, 3.8) is 0 Å². The van der Waals surface area contributed by atoms with Crippen LogP contribution in [0.3, 0.4) is 0 Å². The van der Waals surface area contributed by atoms with Crippen LogP contribution in [0, 0.1) is 0 Å². The van der Waals surface area contributed by atoms with Crippen LogP contribution in [0.15, 0.2) is 0 Å². The van der Waals surface area contributed by atoms with Crippen molar-refractivity contribution in [1.82, 2.24) is 0 Å². The van der Waals surface area contributed by atoms with Crippen LogP contribution in [0.1, 0.15) is 64.7 Å². The lowest BCUT2D eigenvalue weighted by atomic mass is 10.1. The SMILES string of the molecule is CCCCCCCCCC(=O)OCCOCCC(=O)OC. The van der Waals surface area contributed by atoms with Gasteiger partial charge in [-0.15, -0.1) is 0 Å². The summed E-state index contributed by atoms with van der Waals surface area (Å²) in [7, 11) is 1.34. The summed E-state index contributed by atoms with van der Waals surface area (Å²) in [6.07, 6.45) is 9.01. The molecule has 0 fully saturated rings. The minimum absolute atomic E-state index is 0.167. The van der Waals surface area contributed by atoms with E-state index in [4.69, 9.17) is 9.47 Å². The van der Waals surface area contributed by atoms with Gasteiger partial charge in [-0.25, -0.2) is 0 Å². The van der Waals surface area contributed by atoms with Gasteiger partial charge in [-0.3, -0.25) is 9.59 Å². The fraction of sp³-hybridized carbons (Fsp3) is 0.875. The summed E-state index contributed by atoms with van der Waals surface area (Å²) < 4.78 is 14.7. The number of carbonyl (C=O) groups excluding carboxylic acids is 2. The number of esters is 2. The molecule has 124 valence electrons. The van der Waals surface area contributed by atoms with Crippen molar-refractivity contribution in [3.05, 3.63) is 0 Å². The van der Waals surface area contributed by atoms with E-state index in [9.17, 15) is 9.59 Å². The van der Waals surface area contributed by atoms with Crippen molar-refractivity contribution in [1.29, 1.82) is 0 Å². The zero-order valence-electron chi connectivity index (χ0n) is 13.5. The molecule has 5 nitrogen and oxygen atoms in total. The predicted molar refractivity (Wildman–Crippen MR) is 81.0 cm³/mol. The van der Waals surface area contributed by atoms with Crippen LogP contribution in [-0.2, 0) is 23.8 Å². The lowest BCUT2D eigenvalue weighted by Crippen LogP contribution is -2.12. The fourth-order valence-corrected chi connectivity index (χ4v) is 1.87. The topological polar surface area (TPSA) is 61.8 Å². The molecule has 5 heteroatoms. The van der Waals surface area contributed by atoms with E-state index in [0.717, 1.165) is 12.8 Å². The minimum Gasteiger partial charge on any atom is -0.469 e. The summed E-state index contributed by atoms with van der Waals surface area (Å²) in [6, 6.07) is 0. The van der Waals surface area contributed by atoms with Gasteiger partial charge in [0.1, 0.15) is 6.61 Å². The predicted octanol–water partition coefficient (Wildman–Crippen LogP) is 3.25. The number of methoxy groups -OCH3 is 1. The molecular weight excluding hydrogens is 272 g/mol. The molecule has 0 rings (SSSR count). The largest absolute Gasteiger partial charge is 0.469 e. The monoisotopic (exact) mass is 302 g/mol. The Morgan fingerprint density at radius 2 is 1.43 bits per heavy atom. The zero-order valence-corrected chi connectivity index (χ0v) is 13.5.